The van der Waals surface area contributed by atoms with Crippen LogP contribution in [-0.2, 0) is 17.8 Å². The molecule has 2 N–H and O–H groups in total. The maximum Gasteiger partial charge on any atom is 0.257 e. The number of imidazole rings is 1. The maximum absolute atomic E-state index is 14.4. The van der Waals surface area contributed by atoms with Crippen molar-refractivity contribution in [2.75, 3.05) is 36.4 Å². The van der Waals surface area contributed by atoms with Gasteiger partial charge in [-0.3, -0.25) is 19.7 Å². The molecule has 238 valence electrons. The molecule has 0 spiro atoms. The van der Waals surface area contributed by atoms with E-state index in [1.54, 1.807) is 28.7 Å². The molecule has 1 saturated carbocycles. The van der Waals surface area contributed by atoms with Gasteiger partial charge < -0.3 is 14.6 Å². The third-order valence-corrected chi connectivity index (χ3v) is 10.8. The monoisotopic (exact) mass is 680 g/mol. The topological polar surface area (TPSA) is 104 Å². The molecule has 0 radical (unpaired) electrons. The minimum absolute atomic E-state index is 0.137. The van der Waals surface area contributed by atoms with E-state index in [1.807, 2.05) is 18.2 Å². The van der Waals surface area contributed by atoms with E-state index in [4.69, 9.17) is 28.3 Å². The quantitative estimate of drug-likeness (QED) is 0.236. The number of aliphatic hydroxyl groups is 1. The Hall–Kier alpha value is -3.55. The summed E-state index contributed by atoms with van der Waals surface area (Å²) in [5, 5.41) is 21.0. The Balaban J connectivity index is 1.09. The fourth-order valence-electron chi connectivity index (χ4n) is 6.87. The summed E-state index contributed by atoms with van der Waals surface area (Å²) in [6.07, 6.45) is 5.62. The summed E-state index contributed by atoms with van der Waals surface area (Å²) in [5.74, 6) is -0.402. The van der Waals surface area contributed by atoms with E-state index in [1.165, 1.54) is 16.0 Å². The highest BCUT2D eigenvalue weighted by Gasteiger charge is 2.35. The zero-order valence-corrected chi connectivity index (χ0v) is 27.0. The largest absolute Gasteiger partial charge is 0.393 e. The van der Waals surface area contributed by atoms with E-state index < -0.39 is 18.1 Å². The molecule has 5 aromatic rings. The van der Waals surface area contributed by atoms with Gasteiger partial charge in [-0.05, 0) is 36.6 Å². The molecule has 14 heteroatoms. The Kier molecular flexibility index (Phi) is 7.72. The lowest BCUT2D eigenvalue weighted by molar-refractivity contribution is -0.118. The number of hydrogen-bond donors (Lipinski definition) is 2. The number of piperazine rings is 1. The molecular weight excluding hydrogens is 650 g/mol. The van der Waals surface area contributed by atoms with Crippen LogP contribution in [0.1, 0.15) is 30.3 Å². The Morgan fingerprint density at radius 3 is 2.61 bits per heavy atom. The molecule has 10 nitrogen and oxygen atoms in total. The Bertz CT molecular complexity index is 1900. The van der Waals surface area contributed by atoms with Crippen molar-refractivity contribution in [3.63, 3.8) is 0 Å². The first-order chi connectivity index (χ1) is 22.3. The van der Waals surface area contributed by atoms with E-state index in [-0.39, 0.29) is 19.1 Å². The summed E-state index contributed by atoms with van der Waals surface area (Å²) in [6.45, 7) is 4.04. The number of thiazole rings is 1. The minimum Gasteiger partial charge on any atom is -0.393 e. The van der Waals surface area contributed by atoms with Gasteiger partial charge in [0.25, 0.3) is 5.91 Å². The number of aliphatic hydroxyl groups excluding tert-OH is 1. The number of carbonyl (C=O) groups is 1. The second-order valence-electron chi connectivity index (χ2n) is 12.2. The molecule has 2 fully saturated rings. The lowest BCUT2D eigenvalue weighted by Crippen LogP contribution is -2.55. The third kappa shape index (κ3) is 5.35. The molecular formula is C32H31Cl2FN8O2S. The number of aromatic nitrogens is 5. The van der Waals surface area contributed by atoms with Gasteiger partial charge >= 0.3 is 0 Å². The van der Waals surface area contributed by atoms with E-state index in [2.05, 4.69) is 37.2 Å². The average molecular weight is 682 g/mol. The molecule has 0 bridgehead atoms. The summed E-state index contributed by atoms with van der Waals surface area (Å²) in [6, 6.07) is 9.61. The van der Waals surface area contributed by atoms with Crippen LogP contribution in [0, 0.1) is 0 Å². The van der Waals surface area contributed by atoms with Crippen LogP contribution in [0.4, 0.5) is 15.2 Å². The number of nitrogens with zero attached hydrogens (tertiary/aromatic N) is 7. The van der Waals surface area contributed by atoms with Gasteiger partial charge in [0.1, 0.15) is 11.7 Å². The highest BCUT2D eigenvalue weighted by molar-refractivity contribution is 7.13. The smallest absolute Gasteiger partial charge is 0.257 e. The maximum atomic E-state index is 14.4. The summed E-state index contributed by atoms with van der Waals surface area (Å²) < 4.78 is 17.6. The molecule has 5 heterocycles. The van der Waals surface area contributed by atoms with Crippen molar-refractivity contribution in [2.24, 2.45) is 0 Å². The zero-order chi connectivity index (χ0) is 31.5. The third-order valence-electron chi connectivity index (χ3n) is 9.39. The van der Waals surface area contributed by atoms with Crippen LogP contribution in [0.15, 0.2) is 54.4 Å². The lowest BCUT2D eigenvalue weighted by Gasteiger charge is -2.45. The molecule has 2 aliphatic heterocycles. The lowest BCUT2D eigenvalue weighted by atomic mass is 9.87. The van der Waals surface area contributed by atoms with Gasteiger partial charge in [0, 0.05) is 78.7 Å². The fraction of sp³-hybridized carbons (Fsp3) is 0.375. The van der Waals surface area contributed by atoms with Gasteiger partial charge in [0.15, 0.2) is 11.2 Å². The predicted molar refractivity (Wildman–Crippen MR) is 178 cm³/mol. The van der Waals surface area contributed by atoms with Crippen molar-refractivity contribution in [3.8, 4) is 11.1 Å². The van der Waals surface area contributed by atoms with Crippen LogP contribution in [0.2, 0.25) is 10.0 Å². The zero-order valence-electron chi connectivity index (χ0n) is 24.7. The first-order valence-electron chi connectivity index (χ1n) is 15.3. The molecule has 46 heavy (non-hydrogen) atoms. The van der Waals surface area contributed by atoms with Crippen LogP contribution in [0.25, 0.3) is 22.0 Å². The SMILES string of the molecule is O=C(Nc1nccs1)C(c1ncn2c1C[C@@H](F)C2)n1cc2c(Cl)cc(-c3ccc(N4CCN(C5CC(O)C5)CC4)cc3)c(Cl)c2n1. The van der Waals surface area contributed by atoms with E-state index in [0.29, 0.717) is 43.5 Å². The Morgan fingerprint density at radius 1 is 1.11 bits per heavy atom. The van der Waals surface area contributed by atoms with Gasteiger partial charge in [-0.15, -0.1) is 11.3 Å². The number of fused-ring (bicyclic) bond motifs is 2. The summed E-state index contributed by atoms with van der Waals surface area (Å²) in [7, 11) is 0. The van der Waals surface area contributed by atoms with Crippen LogP contribution in [-0.4, -0.2) is 84.7 Å². The Labute approximate surface area is 278 Å². The van der Waals surface area contributed by atoms with Crippen LogP contribution in [0.5, 0.6) is 0 Å². The molecule has 2 atom stereocenters. The molecule has 3 aliphatic rings. The minimum atomic E-state index is -1.04. The van der Waals surface area contributed by atoms with Gasteiger partial charge in [0.2, 0.25) is 0 Å². The highest BCUT2D eigenvalue weighted by atomic mass is 35.5. The van der Waals surface area contributed by atoms with Gasteiger partial charge in [-0.2, -0.15) is 5.10 Å². The van der Waals surface area contributed by atoms with Gasteiger partial charge in [0.05, 0.1) is 34.7 Å². The summed E-state index contributed by atoms with van der Waals surface area (Å²) >= 11 is 15.1. The van der Waals surface area contributed by atoms with Crippen LogP contribution in [0.3, 0.4) is 0 Å². The number of amides is 1. The van der Waals surface area contributed by atoms with Gasteiger partial charge in [-0.1, -0.05) is 35.3 Å². The van der Waals surface area contributed by atoms with Crippen molar-refractivity contribution >= 4 is 62.2 Å². The van der Waals surface area contributed by atoms with Gasteiger partial charge in [-0.25, -0.2) is 14.4 Å². The Morgan fingerprint density at radius 2 is 1.89 bits per heavy atom. The summed E-state index contributed by atoms with van der Waals surface area (Å²) in [4.78, 5) is 27.3. The standard InChI is InChI=1S/C32H31Cl2FN8O2S/c33-25-14-23(18-1-3-20(4-2-18)40-6-8-41(9-7-40)21-12-22(44)13-21)27(34)28-24(25)16-43(39-28)30(31(45)38-32-36-5-10-46-32)29-26-11-19(35)15-42(26)17-37-29/h1-5,10,14,16-17,19,21-22,30,44H,6-9,11-13,15H2,(H,36,38,45)/t19-,21?,22?,30?/m1/s1. The number of carbonyl (C=O) groups excluding carboxylic acids is 1. The first-order valence-corrected chi connectivity index (χ1v) is 17.0. The fourth-order valence-corrected chi connectivity index (χ4v) is 7.95. The van der Waals surface area contributed by atoms with Crippen molar-refractivity contribution in [3.05, 3.63) is 75.9 Å². The second kappa shape index (κ2) is 11.9. The number of rotatable bonds is 7. The molecule has 1 unspecified atom stereocenters. The highest BCUT2D eigenvalue weighted by Crippen LogP contribution is 2.40. The predicted octanol–water partition coefficient (Wildman–Crippen LogP) is 5.43. The summed E-state index contributed by atoms with van der Waals surface area (Å²) in [5.41, 5.74) is 4.31. The molecule has 8 rings (SSSR count). The van der Waals surface area contributed by atoms with Crippen molar-refractivity contribution < 1.29 is 14.3 Å². The first kappa shape index (κ1) is 29.8. The van der Waals surface area contributed by atoms with Crippen molar-refractivity contribution in [1.82, 2.24) is 29.2 Å². The normalized spacial score (nSPS) is 22.2. The average Bonchev–Trinajstić information content (AvgIpc) is 3.85. The number of nitrogens with one attached hydrogen (secondary N) is 1. The molecule has 1 saturated heterocycles. The van der Waals surface area contributed by atoms with E-state index >= 15 is 0 Å². The molecule has 2 aromatic carbocycles. The molecule has 1 aliphatic carbocycles. The van der Waals surface area contributed by atoms with E-state index in [0.717, 1.165) is 55.8 Å². The number of alkyl halides is 1. The molecule has 3 aromatic heterocycles. The van der Waals surface area contributed by atoms with Crippen molar-refractivity contribution in [1.29, 1.82) is 0 Å². The number of benzene rings is 2. The van der Waals surface area contributed by atoms with Crippen LogP contribution < -0.4 is 10.2 Å². The number of anilines is 2. The molecule has 1 amide bonds. The van der Waals surface area contributed by atoms with E-state index in [9.17, 15) is 14.3 Å². The van der Waals surface area contributed by atoms with Crippen LogP contribution >= 0.6 is 34.5 Å². The van der Waals surface area contributed by atoms with Crippen molar-refractivity contribution in [2.45, 2.75) is 50.2 Å². The second-order valence-corrected chi connectivity index (χ2v) is 13.9. The number of halogens is 3. The number of hydrogen-bond acceptors (Lipinski definition) is 8.